The number of ether oxygens (including phenoxy) is 2. The molecule has 0 spiro atoms. The summed E-state index contributed by atoms with van der Waals surface area (Å²) in [6.45, 7) is 5.62. The summed E-state index contributed by atoms with van der Waals surface area (Å²) < 4.78 is 8.45. The normalized spacial score (nSPS) is 6.44. The molecule has 8 heteroatoms. The first-order valence-electron chi connectivity index (χ1n) is 3.84. The van der Waals surface area contributed by atoms with Crippen LogP contribution in [0.2, 0.25) is 0 Å². The van der Waals surface area contributed by atoms with Gasteiger partial charge in [-0.3, -0.25) is 0 Å². The lowest BCUT2D eigenvalue weighted by atomic mass is 10.7. The van der Waals surface area contributed by atoms with E-state index in [0.29, 0.717) is 0 Å². The lowest BCUT2D eigenvalue weighted by Crippen LogP contribution is -3.00. The molecule has 0 aliphatic rings. The lowest BCUT2D eigenvalue weighted by Gasteiger charge is -1.85. The second-order valence-electron chi connectivity index (χ2n) is 1.83. The fourth-order valence-electron chi connectivity index (χ4n) is 0.276. The minimum Gasteiger partial charge on any atom is -1.00 e. The Bertz CT molecular complexity index is 183. The first kappa shape index (κ1) is 24.0. The molecule has 0 saturated heterocycles. The van der Waals surface area contributed by atoms with Crippen molar-refractivity contribution in [1.82, 2.24) is 0 Å². The summed E-state index contributed by atoms with van der Waals surface area (Å²) >= 11 is 0. The molecule has 4 N–H and O–H groups in total. The average Bonchev–Trinajstić information content (AvgIpc) is 2.31. The van der Waals surface area contributed by atoms with Crippen LogP contribution in [0.5, 0.6) is 0 Å². The molecular weight excluding hydrogens is 240 g/mol. The predicted molar refractivity (Wildman–Crippen MR) is 51.9 cm³/mol. The molecule has 16 heavy (non-hydrogen) atoms. The van der Waals surface area contributed by atoms with Gasteiger partial charge >= 0.3 is 11.9 Å². The minimum absolute atomic E-state index is 0. The van der Waals surface area contributed by atoms with Gasteiger partial charge in [-0.25, -0.2) is 14.6 Å². The van der Waals surface area contributed by atoms with Gasteiger partial charge in [0.2, 0.25) is 6.54 Å². The topological polar surface area (TPSA) is 111 Å². The van der Waals surface area contributed by atoms with Crippen LogP contribution < -0.4 is 23.1 Å². The highest BCUT2D eigenvalue weighted by Crippen LogP contribution is 1.60. The molecule has 0 unspecified atom stereocenters. The van der Waals surface area contributed by atoms with Gasteiger partial charge in [-0.15, -0.1) is 0 Å². The molecule has 0 bridgehead atoms. The van der Waals surface area contributed by atoms with Crippen molar-refractivity contribution < 1.29 is 47.0 Å². The second kappa shape index (κ2) is 23.4. The zero-order valence-corrected chi connectivity index (χ0v) is 10.2. The molecular formula is C8H18ClN2O5+. The number of nitrogens with one attached hydrogen (secondary N) is 1. The van der Waals surface area contributed by atoms with Gasteiger partial charge in [-0.1, -0.05) is 0 Å². The highest BCUT2D eigenvalue weighted by Gasteiger charge is 1.96. The molecule has 0 aliphatic carbocycles. The average molecular weight is 258 g/mol. The third-order valence-corrected chi connectivity index (χ3v) is 0.929. The number of carbonyl (C=O) groups is 3. The maximum absolute atomic E-state index is 10.1. The number of halogens is 1. The number of esters is 2. The zero-order valence-electron chi connectivity index (χ0n) is 9.45. The summed E-state index contributed by atoms with van der Waals surface area (Å²) in [5.74, 6) is -0.565. The van der Waals surface area contributed by atoms with E-state index in [4.69, 9.17) is 4.79 Å². The number of rotatable bonds is 3. The van der Waals surface area contributed by atoms with Gasteiger partial charge in [0.25, 0.3) is 0 Å². The molecule has 0 fully saturated rings. The van der Waals surface area contributed by atoms with E-state index < -0.39 is 0 Å². The van der Waals surface area contributed by atoms with Gasteiger partial charge in [-0.05, 0) is 0 Å². The second-order valence-corrected chi connectivity index (χ2v) is 1.83. The largest absolute Gasteiger partial charge is 1.00 e. The van der Waals surface area contributed by atoms with Crippen molar-refractivity contribution in [1.29, 1.82) is 0 Å². The predicted octanol–water partition coefficient (Wildman–Crippen LogP) is -6.84. The maximum atomic E-state index is 10.1. The van der Waals surface area contributed by atoms with Crippen LogP contribution in [0.4, 0.5) is 0 Å². The third kappa shape index (κ3) is 29.4. The van der Waals surface area contributed by atoms with Gasteiger partial charge in [0, 0.05) is 0 Å². The summed E-state index contributed by atoms with van der Waals surface area (Å²) in [5.41, 5.74) is 3.28. The van der Waals surface area contributed by atoms with E-state index in [1.807, 2.05) is 6.79 Å². The molecule has 0 aromatic carbocycles. The monoisotopic (exact) mass is 257 g/mol. The Hall–Kier alpha value is -1.47. The molecule has 7 nitrogen and oxygen atoms in total. The summed E-state index contributed by atoms with van der Waals surface area (Å²) in [7, 11) is 2.67. The number of quaternary nitrogens is 1. The smallest absolute Gasteiger partial charge is 0.371 e. The lowest BCUT2D eigenvalue weighted by molar-refractivity contribution is -0.436. The molecule has 0 aliphatic heterocycles. The molecule has 0 rings (SSSR count). The van der Waals surface area contributed by atoms with Crippen molar-refractivity contribution in [2.75, 3.05) is 27.3 Å². The molecule has 0 aromatic rings. The van der Waals surface area contributed by atoms with Crippen LogP contribution in [0.3, 0.4) is 0 Å². The van der Waals surface area contributed by atoms with E-state index in [0.717, 1.165) is 0 Å². The fraction of sp³-hybridized carbons (Fsp3) is 0.500. The summed E-state index contributed by atoms with van der Waals surface area (Å²) in [6.07, 6.45) is 0. The summed E-state index contributed by atoms with van der Waals surface area (Å²) in [6, 6.07) is 0. The SMILES string of the molecule is C=O.C=[NH+]CC(=O)OC.COC(=O)C[NH3+].[Cl-]. The fourth-order valence-corrected chi connectivity index (χ4v) is 0.276. The van der Waals surface area contributed by atoms with Crippen LogP contribution in [0, 0.1) is 0 Å². The highest BCUT2D eigenvalue weighted by atomic mass is 35.5. The number of hydrogen-bond donors (Lipinski definition) is 2. The highest BCUT2D eigenvalue weighted by molar-refractivity contribution is 5.70. The van der Waals surface area contributed by atoms with Crippen molar-refractivity contribution in [3.63, 3.8) is 0 Å². The zero-order chi connectivity index (χ0) is 12.7. The first-order valence-corrected chi connectivity index (χ1v) is 3.84. The van der Waals surface area contributed by atoms with Gasteiger partial charge in [0.1, 0.15) is 13.5 Å². The number of methoxy groups -OCH3 is 2. The van der Waals surface area contributed by atoms with E-state index in [2.05, 4.69) is 26.9 Å². The van der Waals surface area contributed by atoms with Crippen molar-refractivity contribution in [3.05, 3.63) is 0 Å². The Kier molecular flexibility index (Phi) is 35.1. The van der Waals surface area contributed by atoms with Crippen LogP contribution in [-0.2, 0) is 23.9 Å². The number of hydrogen-bond acceptors (Lipinski definition) is 5. The quantitative estimate of drug-likeness (QED) is 0.386. The molecule has 0 heterocycles. The van der Waals surface area contributed by atoms with Crippen molar-refractivity contribution in [3.8, 4) is 0 Å². The van der Waals surface area contributed by atoms with E-state index in [1.54, 1.807) is 0 Å². The third-order valence-electron chi connectivity index (χ3n) is 0.929. The first-order chi connectivity index (χ1) is 7.12. The van der Waals surface area contributed by atoms with Crippen LogP contribution in [0.25, 0.3) is 0 Å². The van der Waals surface area contributed by atoms with Crippen molar-refractivity contribution in [2.45, 2.75) is 0 Å². The Morgan fingerprint density at radius 2 is 1.56 bits per heavy atom. The number of carbonyl (C=O) groups excluding carboxylic acids is 3. The van der Waals surface area contributed by atoms with Crippen LogP contribution in [-0.4, -0.2) is 52.8 Å². The van der Waals surface area contributed by atoms with Gasteiger partial charge < -0.3 is 32.4 Å². The van der Waals surface area contributed by atoms with Crippen LogP contribution >= 0.6 is 0 Å². The minimum atomic E-state index is -0.296. The van der Waals surface area contributed by atoms with Crippen LogP contribution in [0.15, 0.2) is 0 Å². The van der Waals surface area contributed by atoms with Crippen molar-refractivity contribution in [2.24, 2.45) is 0 Å². The van der Waals surface area contributed by atoms with E-state index in [9.17, 15) is 9.59 Å². The molecule has 0 aromatic heterocycles. The standard InChI is InChI=1S/C4H7NO2.C3H7NO2.CH2O.ClH/c1-5-3-4(6)7-2;1-6-3(5)2-4;1-2;/h1,3H2,2H3;2,4H2,1H3;1H2;1H/p+1. The van der Waals surface area contributed by atoms with Gasteiger partial charge in [0.05, 0.1) is 14.2 Å². The molecule has 0 amide bonds. The van der Waals surface area contributed by atoms with E-state index >= 15 is 0 Å². The molecule has 0 saturated carbocycles. The van der Waals surface area contributed by atoms with E-state index in [-0.39, 0.29) is 37.4 Å². The van der Waals surface area contributed by atoms with Gasteiger partial charge in [0.15, 0.2) is 6.54 Å². The van der Waals surface area contributed by atoms with Crippen molar-refractivity contribution >= 4 is 25.4 Å². The Labute approximate surface area is 100 Å². The summed E-state index contributed by atoms with van der Waals surface area (Å²) in [5, 5.41) is 0. The van der Waals surface area contributed by atoms with E-state index in [1.165, 1.54) is 14.2 Å². The Morgan fingerprint density at radius 1 is 1.19 bits per heavy atom. The Balaban J connectivity index is -0.0000000743. The Morgan fingerprint density at radius 3 is 1.62 bits per heavy atom. The van der Waals surface area contributed by atoms with Gasteiger partial charge in [-0.2, -0.15) is 0 Å². The van der Waals surface area contributed by atoms with Crippen LogP contribution in [0.1, 0.15) is 0 Å². The summed E-state index contributed by atoms with van der Waals surface area (Å²) in [4.78, 5) is 30.4. The molecule has 0 atom stereocenters. The molecule has 0 radical (unpaired) electrons. The maximum Gasteiger partial charge on any atom is 0.371 e. The molecule has 96 valence electrons.